The lowest BCUT2D eigenvalue weighted by molar-refractivity contribution is -0.142. The van der Waals surface area contributed by atoms with Crippen LogP contribution in [0.3, 0.4) is 0 Å². The van der Waals surface area contributed by atoms with Crippen LogP contribution in [0.2, 0.25) is 0 Å². The van der Waals surface area contributed by atoms with Crippen LogP contribution in [0, 0.1) is 0 Å². The van der Waals surface area contributed by atoms with E-state index in [9.17, 15) is 9.59 Å². The van der Waals surface area contributed by atoms with Crippen LogP contribution in [-0.4, -0.2) is 30.7 Å². The Labute approximate surface area is 118 Å². The molecule has 1 aromatic rings. The molecule has 0 fully saturated rings. The van der Waals surface area contributed by atoms with Crippen LogP contribution < -0.4 is 5.32 Å². The fraction of sp³-hybridized carbons (Fsp3) is 0.467. The van der Waals surface area contributed by atoms with E-state index in [4.69, 9.17) is 9.84 Å². The molecular formula is C15H21NO4. The highest BCUT2D eigenvalue weighted by Gasteiger charge is 2.29. The number of hydrogen-bond donors (Lipinski definition) is 2. The zero-order chi connectivity index (χ0) is 15.2. The maximum atomic E-state index is 11.6. The molecule has 0 aliphatic heterocycles. The van der Waals surface area contributed by atoms with Crippen molar-refractivity contribution in [2.24, 2.45) is 0 Å². The molecule has 0 atom stereocenters. The first-order valence-corrected chi connectivity index (χ1v) is 6.50. The Hall–Kier alpha value is -1.88. The number of anilines is 1. The second-order valence-electron chi connectivity index (χ2n) is 5.15. The summed E-state index contributed by atoms with van der Waals surface area (Å²) in [7, 11) is 1.60. The Kier molecular flexibility index (Phi) is 5.70. The summed E-state index contributed by atoms with van der Waals surface area (Å²) in [6, 6.07) is 6.88. The lowest BCUT2D eigenvalue weighted by Gasteiger charge is -2.19. The molecular weight excluding hydrogens is 258 g/mol. The number of benzene rings is 1. The number of carbonyl (C=O) groups excluding carboxylic acids is 1. The first-order chi connectivity index (χ1) is 9.37. The zero-order valence-corrected chi connectivity index (χ0v) is 12.1. The topological polar surface area (TPSA) is 75.6 Å². The van der Waals surface area contributed by atoms with Crippen molar-refractivity contribution in [3.05, 3.63) is 29.8 Å². The normalized spacial score (nSPS) is 11.2. The number of ether oxygens (including phenoxy) is 1. The van der Waals surface area contributed by atoms with Crippen molar-refractivity contribution in [1.29, 1.82) is 0 Å². The van der Waals surface area contributed by atoms with Gasteiger partial charge in [0.15, 0.2) is 0 Å². The first-order valence-electron chi connectivity index (χ1n) is 6.50. The fourth-order valence-corrected chi connectivity index (χ4v) is 1.69. The summed E-state index contributed by atoms with van der Waals surface area (Å²) < 4.78 is 4.88. The van der Waals surface area contributed by atoms with E-state index in [0.29, 0.717) is 30.7 Å². The van der Waals surface area contributed by atoms with Crippen LogP contribution in [0.5, 0.6) is 0 Å². The van der Waals surface area contributed by atoms with Crippen LogP contribution in [0.15, 0.2) is 24.3 Å². The molecule has 5 heteroatoms. The molecule has 1 aromatic carbocycles. The summed E-state index contributed by atoms with van der Waals surface area (Å²) in [5.41, 5.74) is 0.417. The van der Waals surface area contributed by atoms with Crippen LogP contribution in [0.25, 0.3) is 0 Å². The standard InChI is InChI=1S/C15H21NO4/c1-15(2,14(18)19)11-6-8-12(9-7-11)16-13(17)5-4-10-20-3/h6-9H,4-5,10H2,1-3H3,(H,16,17)(H,18,19). The molecule has 0 aromatic heterocycles. The molecule has 110 valence electrons. The Morgan fingerprint density at radius 3 is 2.35 bits per heavy atom. The molecule has 2 N–H and O–H groups in total. The van der Waals surface area contributed by atoms with Gasteiger partial charge in [-0.25, -0.2) is 0 Å². The van der Waals surface area contributed by atoms with Gasteiger partial charge in [0, 0.05) is 25.8 Å². The Morgan fingerprint density at radius 1 is 1.25 bits per heavy atom. The van der Waals surface area contributed by atoms with Crippen molar-refractivity contribution >= 4 is 17.6 Å². The van der Waals surface area contributed by atoms with Gasteiger partial charge in [-0.2, -0.15) is 0 Å². The second-order valence-corrected chi connectivity index (χ2v) is 5.15. The highest BCUT2D eigenvalue weighted by atomic mass is 16.5. The molecule has 0 aliphatic rings. The van der Waals surface area contributed by atoms with E-state index in [2.05, 4.69) is 5.32 Å². The van der Waals surface area contributed by atoms with Crippen LogP contribution in [0.1, 0.15) is 32.3 Å². The van der Waals surface area contributed by atoms with Crippen LogP contribution in [0.4, 0.5) is 5.69 Å². The van der Waals surface area contributed by atoms with Gasteiger partial charge in [-0.1, -0.05) is 12.1 Å². The minimum absolute atomic E-state index is 0.0766. The maximum Gasteiger partial charge on any atom is 0.313 e. The third kappa shape index (κ3) is 4.35. The van der Waals surface area contributed by atoms with Gasteiger partial charge in [0.25, 0.3) is 0 Å². The maximum absolute atomic E-state index is 11.6. The van der Waals surface area contributed by atoms with E-state index < -0.39 is 11.4 Å². The van der Waals surface area contributed by atoms with Crippen molar-refractivity contribution in [2.75, 3.05) is 19.0 Å². The van der Waals surface area contributed by atoms with Gasteiger partial charge in [-0.15, -0.1) is 0 Å². The number of nitrogens with one attached hydrogen (secondary N) is 1. The monoisotopic (exact) mass is 279 g/mol. The molecule has 5 nitrogen and oxygen atoms in total. The number of hydrogen-bond acceptors (Lipinski definition) is 3. The third-order valence-electron chi connectivity index (χ3n) is 3.18. The summed E-state index contributed by atoms with van der Waals surface area (Å²) in [4.78, 5) is 22.8. The average Bonchev–Trinajstić information content (AvgIpc) is 2.39. The number of rotatable bonds is 7. The van der Waals surface area contributed by atoms with Gasteiger partial charge in [-0.05, 0) is 38.0 Å². The predicted molar refractivity (Wildman–Crippen MR) is 76.8 cm³/mol. The molecule has 0 heterocycles. The zero-order valence-electron chi connectivity index (χ0n) is 12.1. The Bertz CT molecular complexity index is 465. The average molecular weight is 279 g/mol. The van der Waals surface area contributed by atoms with Crippen LogP contribution in [-0.2, 0) is 19.7 Å². The summed E-state index contributed by atoms with van der Waals surface area (Å²) in [6.45, 7) is 3.85. The molecule has 0 radical (unpaired) electrons. The molecule has 0 unspecified atom stereocenters. The molecule has 0 saturated carbocycles. The molecule has 0 aliphatic carbocycles. The van der Waals surface area contributed by atoms with Gasteiger partial charge >= 0.3 is 5.97 Å². The van der Waals surface area contributed by atoms with Gasteiger partial charge in [0.05, 0.1) is 5.41 Å². The van der Waals surface area contributed by atoms with Crippen LogP contribution >= 0.6 is 0 Å². The van der Waals surface area contributed by atoms with E-state index in [1.807, 2.05) is 0 Å². The molecule has 0 bridgehead atoms. The molecule has 0 saturated heterocycles. The van der Waals surface area contributed by atoms with Crippen molar-refractivity contribution in [3.63, 3.8) is 0 Å². The number of aliphatic carboxylic acids is 1. The molecule has 20 heavy (non-hydrogen) atoms. The molecule has 1 rings (SSSR count). The predicted octanol–water partition coefficient (Wildman–Crippen LogP) is 2.41. The highest BCUT2D eigenvalue weighted by molar-refractivity contribution is 5.90. The Balaban J connectivity index is 2.63. The molecule has 1 amide bonds. The van der Waals surface area contributed by atoms with Crippen molar-refractivity contribution < 1.29 is 19.4 Å². The number of carbonyl (C=O) groups is 2. The second kappa shape index (κ2) is 7.05. The van der Waals surface area contributed by atoms with Crippen molar-refractivity contribution in [3.8, 4) is 0 Å². The number of amides is 1. The largest absolute Gasteiger partial charge is 0.481 e. The summed E-state index contributed by atoms with van der Waals surface area (Å²) in [5.74, 6) is -0.957. The van der Waals surface area contributed by atoms with E-state index >= 15 is 0 Å². The summed E-state index contributed by atoms with van der Waals surface area (Å²) in [6.07, 6.45) is 1.07. The quantitative estimate of drug-likeness (QED) is 0.752. The van der Waals surface area contributed by atoms with Gasteiger partial charge < -0.3 is 15.2 Å². The van der Waals surface area contributed by atoms with E-state index in [0.717, 1.165) is 0 Å². The molecule has 0 spiro atoms. The number of carboxylic acids is 1. The lowest BCUT2D eigenvalue weighted by atomic mass is 9.85. The minimum Gasteiger partial charge on any atom is -0.481 e. The smallest absolute Gasteiger partial charge is 0.313 e. The van der Waals surface area contributed by atoms with Gasteiger partial charge in [-0.3, -0.25) is 9.59 Å². The third-order valence-corrected chi connectivity index (χ3v) is 3.18. The van der Waals surface area contributed by atoms with E-state index in [1.54, 1.807) is 45.2 Å². The lowest BCUT2D eigenvalue weighted by Crippen LogP contribution is -2.28. The highest BCUT2D eigenvalue weighted by Crippen LogP contribution is 2.24. The van der Waals surface area contributed by atoms with Gasteiger partial charge in [0.1, 0.15) is 0 Å². The van der Waals surface area contributed by atoms with Crippen molar-refractivity contribution in [2.45, 2.75) is 32.1 Å². The Morgan fingerprint density at radius 2 is 1.85 bits per heavy atom. The SMILES string of the molecule is COCCCC(=O)Nc1ccc(C(C)(C)C(=O)O)cc1. The fourth-order valence-electron chi connectivity index (χ4n) is 1.69. The van der Waals surface area contributed by atoms with E-state index in [-0.39, 0.29) is 5.91 Å². The summed E-state index contributed by atoms with van der Waals surface area (Å²) >= 11 is 0. The minimum atomic E-state index is -0.943. The van der Waals surface area contributed by atoms with Gasteiger partial charge in [0.2, 0.25) is 5.91 Å². The number of carboxylic acid groups (broad SMARTS) is 1. The van der Waals surface area contributed by atoms with Crippen molar-refractivity contribution in [1.82, 2.24) is 0 Å². The van der Waals surface area contributed by atoms with E-state index in [1.165, 1.54) is 0 Å². The summed E-state index contributed by atoms with van der Waals surface area (Å²) in [5, 5.41) is 11.9. The first kappa shape index (κ1) is 16.2. The number of methoxy groups -OCH3 is 1.